The molecule has 1 heterocycles. The van der Waals surface area contributed by atoms with Gasteiger partial charge in [-0.25, -0.2) is 0 Å². The van der Waals surface area contributed by atoms with Crippen LogP contribution in [0.1, 0.15) is 56.6 Å². The fourth-order valence-corrected chi connectivity index (χ4v) is 3.34. The van der Waals surface area contributed by atoms with E-state index in [9.17, 15) is 5.11 Å². The maximum Gasteiger partial charge on any atom is 0.122 e. The summed E-state index contributed by atoms with van der Waals surface area (Å²) in [7, 11) is 2.04. The van der Waals surface area contributed by atoms with Crippen molar-refractivity contribution in [1.82, 2.24) is 4.90 Å². The fraction of sp³-hybridized carbons (Fsp3) is 0.750. The standard InChI is InChI=1S/C16H28N2O2/c1-4-13(17)15(14-8-7-12(2)20-14)18(3)11-16(19)9-5-6-10-16/h7-8,13,15,19H,4-6,9-11,17H2,1-3H3. The normalized spacial score (nSPS) is 21.3. The highest BCUT2D eigenvalue weighted by Gasteiger charge is 2.36. The van der Waals surface area contributed by atoms with Gasteiger partial charge in [-0.2, -0.15) is 0 Å². The Labute approximate surface area is 121 Å². The van der Waals surface area contributed by atoms with E-state index in [1.165, 1.54) is 0 Å². The van der Waals surface area contributed by atoms with Crippen LogP contribution in [0.25, 0.3) is 0 Å². The number of nitrogens with two attached hydrogens (primary N) is 1. The van der Waals surface area contributed by atoms with Gasteiger partial charge in [0.1, 0.15) is 11.5 Å². The quantitative estimate of drug-likeness (QED) is 0.841. The first-order valence-corrected chi connectivity index (χ1v) is 7.70. The molecule has 0 bridgehead atoms. The smallest absolute Gasteiger partial charge is 0.122 e. The van der Waals surface area contributed by atoms with E-state index in [4.69, 9.17) is 10.2 Å². The Balaban J connectivity index is 2.13. The number of rotatable bonds is 6. The lowest BCUT2D eigenvalue weighted by Gasteiger charge is -2.35. The zero-order valence-corrected chi connectivity index (χ0v) is 12.9. The molecule has 1 fully saturated rings. The van der Waals surface area contributed by atoms with Crippen molar-refractivity contribution in [3.63, 3.8) is 0 Å². The molecule has 2 rings (SSSR count). The van der Waals surface area contributed by atoms with Gasteiger partial charge >= 0.3 is 0 Å². The molecule has 0 spiro atoms. The van der Waals surface area contributed by atoms with E-state index in [0.717, 1.165) is 43.6 Å². The molecule has 4 heteroatoms. The van der Waals surface area contributed by atoms with E-state index >= 15 is 0 Å². The number of nitrogens with zero attached hydrogens (tertiary/aromatic N) is 1. The summed E-state index contributed by atoms with van der Waals surface area (Å²) >= 11 is 0. The van der Waals surface area contributed by atoms with Crippen LogP contribution in [0, 0.1) is 6.92 Å². The van der Waals surface area contributed by atoms with Crippen molar-refractivity contribution in [2.24, 2.45) is 5.73 Å². The van der Waals surface area contributed by atoms with E-state index in [1.54, 1.807) is 0 Å². The van der Waals surface area contributed by atoms with Crippen molar-refractivity contribution < 1.29 is 9.52 Å². The van der Waals surface area contributed by atoms with Crippen molar-refractivity contribution in [2.45, 2.75) is 63.6 Å². The van der Waals surface area contributed by atoms with Crippen LogP contribution in [-0.4, -0.2) is 35.2 Å². The first-order chi connectivity index (χ1) is 9.45. The van der Waals surface area contributed by atoms with Gasteiger partial charge in [0.15, 0.2) is 0 Å². The van der Waals surface area contributed by atoms with Crippen molar-refractivity contribution in [3.8, 4) is 0 Å². The average Bonchev–Trinajstić information content (AvgIpc) is 2.99. The molecule has 0 amide bonds. The Morgan fingerprint density at radius 3 is 2.55 bits per heavy atom. The van der Waals surface area contributed by atoms with E-state index in [-0.39, 0.29) is 12.1 Å². The lowest BCUT2D eigenvalue weighted by Crippen LogP contribution is -2.46. The molecule has 1 aliphatic rings. The van der Waals surface area contributed by atoms with Crippen molar-refractivity contribution in [1.29, 1.82) is 0 Å². The largest absolute Gasteiger partial charge is 0.465 e. The average molecular weight is 280 g/mol. The third-order valence-electron chi connectivity index (χ3n) is 4.48. The molecular weight excluding hydrogens is 252 g/mol. The summed E-state index contributed by atoms with van der Waals surface area (Å²) in [5.74, 6) is 1.81. The summed E-state index contributed by atoms with van der Waals surface area (Å²) in [5.41, 5.74) is 5.74. The Morgan fingerprint density at radius 1 is 1.40 bits per heavy atom. The van der Waals surface area contributed by atoms with Gasteiger partial charge < -0.3 is 15.3 Å². The van der Waals surface area contributed by atoms with Gasteiger partial charge in [0.2, 0.25) is 0 Å². The van der Waals surface area contributed by atoms with Gasteiger partial charge in [-0.15, -0.1) is 0 Å². The molecular formula is C16H28N2O2. The van der Waals surface area contributed by atoms with Gasteiger partial charge in [-0.1, -0.05) is 19.8 Å². The minimum atomic E-state index is -0.553. The molecule has 0 aliphatic heterocycles. The van der Waals surface area contributed by atoms with Crippen LogP contribution in [-0.2, 0) is 0 Å². The Hall–Kier alpha value is -0.840. The van der Waals surface area contributed by atoms with Crippen molar-refractivity contribution in [2.75, 3.05) is 13.6 Å². The SMILES string of the molecule is CCC(N)C(c1ccc(C)o1)N(C)CC1(O)CCCC1. The minimum absolute atomic E-state index is 0.00977. The Bertz CT molecular complexity index is 424. The molecule has 1 aromatic heterocycles. The number of furan rings is 1. The van der Waals surface area contributed by atoms with Crippen LogP contribution < -0.4 is 5.73 Å². The maximum absolute atomic E-state index is 10.6. The van der Waals surface area contributed by atoms with Crippen molar-refractivity contribution >= 4 is 0 Å². The molecule has 20 heavy (non-hydrogen) atoms. The summed E-state index contributed by atoms with van der Waals surface area (Å²) in [6.07, 6.45) is 4.90. The van der Waals surface area contributed by atoms with Crippen LogP contribution in [0.5, 0.6) is 0 Å². The summed E-state index contributed by atoms with van der Waals surface area (Å²) in [5, 5.41) is 10.6. The van der Waals surface area contributed by atoms with Crippen LogP contribution in [0.3, 0.4) is 0 Å². The Morgan fingerprint density at radius 2 is 2.05 bits per heavy atom. The zero-order chi connectivity index (χ0) is 14.8. The molecule has 1 aromatic rings. The summed E-state index contributed by atoms with van der Waals surface area (Å²) < 4.78 is 5.78. The molecule has 2 unspecified atom stereocenters. The predicted molar refractivity (Wildman–Crippen MR) is 80.5 cm³/mol. The zero-order valence-electron chi connectivity index (χ0n) is 12.9. The summed E-state index contributed by atoms with van der Waals surface area (Å²) in [6, 6.07) is 4.02. The van der Waals surface area contributed by atoms with E-state index in [1.807, 2.05) is 26.1 Å². The molecule has 2 atom stereocenters. The van der Waals surface area contributed by atoms with Gasteiger partial charge in [0.25, 0.3) is 0 Å². The molecule has 114 valence electrons. The second-order valence-corrected chi connectivity index (χ2v) is 6.31. The number of hydrogen-bond acceptors (Lipinski definition) is 4. The maximum atomic E-state index is 10.6. The highest BCUT2D eigenvalue weighted by molar-refractivity contribution is 5.12. The number of aliphatic hydroxyl groups is 1. The number of hydrogen-bond donors (Lipinski definition) is 2. The van der Waals surface area contributed by atoms with E-state index < -0.39 is 5.60 Å². The highest BCUT2D eigenvalue weighted by atomic mass is 16.3. The second-order valence-electron chi connectivity index (χ2n) is 6.31. The monoisotopic (exact) mass is 280 g/mol. The van der Waals surface area contributed by atoms with Crippen LogP contribution in [0.15, 0.2) is 16.5 Å². The molecule has 0 radical (unpaired) electrons. The first kappa shape index (κ1) is 15.5. The minimum Gasteiger partial charge on any atom is -0.465 e. The van der Waals surface area contributed by atoms with Crippen LogP contribution >= 0.6 is 0 Å². The highest BCUT2D eigenvalue weighted by Crippen LogP contribution is 2.33. The summed E-state index contributed by atoms with van der Waals surface area (Å²) in [4.78, 5) is 2.16. The molecule has 1 saturated carbocycles. The molecule has 1 aliphatic carbocycles. The van der Waals surface area contributed by atoms with Crippen molar-refractivity contribution in [3.05, 3.63) is 23.7 Å². The fourth-order valence-electron chi connectivity index (χ4n) is 3.34. The Kier molecular flexibility index (Phi) is 4.89. The lowest BCUT2D eigenvalue weighted by molar-refractivity contribution is -0.00123. The second kappa shape index (κ2) is 6.29. The molecule has 0 aromatic carbocycles. The topological polar surface area (TPSA) is 62.6 Å². The first-order valence-electron chi connectivity index (χ1n) is 7.70. The molecule has 3 N–H and O–H groups in total. The molecule has 0 saturated heterocycles. The van der Waals surface area contributed by atoms with E-state index in [0.29, 0.717) is 6.54 Å². The lowest BCUT2D eigenvalue weighted by atomic mass is 9.97. The van der Waals surface area contributed by atoms with E-state index in [2.05, 4.69) is 11.8 Å². The third-order valence-corrected chi connectivity index (χ3v) is 4.48. The van der Waals surface area contributed by atoms with Crippen LogP contribution in [0.4, 0.5) is 0 Å². The molecule has 4 nitrogen and oxygen atoms in total. The predicted octanol–water partition coefficient (Wildman–Crippen LogP) is 2.60. The van der Waals surface area contributed by atoms with Gasteiger partial charge in [-0.05, 0) is 45.4 Å². The van der Waals surface area contributed by atoms with Gasteiger partial charge in [-0.3, -0.25) is 4.90 Å². The van der Waals surface area contributed by atoms with Gasteiger partial charge in [0, 0.05) is 12.6 Å². The van der Waals surface area contributed by atoms with Gasteiger partial charge in [0.05, 0.1) is 11.6 Å². The number of aryl methyl sites for hydroxylation is 1. The van der Waals surface area contributed by atoms with Crippen LogP contribution in [0.2, 0.25) is 0 Å². The third kappa shape index (κ3) is 3.43. The summed E-state index contributed by atoms with van der Waals surface area (Å²) in [6.45, 7) is 4.69. The number of likely N-dealkylation sites (N-methyl/N-ethyl adjacent to an activating group) is 1.